The summed E-state index contributed by atoms with van der Waals surface area (Å²) in [5, 5.41) is 5.42. The van der Waals surface area contributed by atoms with E-state index in [0.717, 1.165) is 0 Å². The van der Waals surface area contributed by atoms with Gasteiger partial charge in [0.15, 0.2) is 0 Å². The van der Waals surface area contributed by atoms with Crippen LogP contribution < -0.4 is 10.6 Å². The first-order chi connectivity index (χ1) is 14.8. The zero-order valence-corrected chi connectivity index (χ0v) is 17.5. The molecule has 1 unspecified atom stereocenters. The maximum absolute atomic E-state index is 14.5. The normalized spacial score (nSPS) is 11.9. The van der Waals surface area contributed by atoms with E-state index in [-0.39, 0.29) is 23.9 Å². The lowest BCUT2D eigenvalue weighted by molar-refractivity contribution is -0.124. The number of hydrogen-bond acceptors (Lipinski definition) is 3. The third-order valence-corrected chi connectivity index (χ3v) is 4.91. The summed E-state index contributed by atoms with van der Waals surface area (Å²) in [6.07, 6.45) is 3.27. The van der Waals surface area contributed by atoms with E-state index < -0.39 is 23.6 Å². The number of aromatic nitrogens is 2. The number of nitrogens with one attached hydrogen (secondary N) is 2. The minimum atomic E-state index is -0.796. The Bertz CT molecular complexity index is 1080. The smallest absolute Gasteiger partial charge is 0.251 e. The van der Waals surface area contributed by atoms with Crippen molar-refractivity contribution in [1.82, 2.24) is 20.2 Å². The van der Waals surface area contributed by atoms with Crippen molar-refractivity contribution in [1.29, 1.82) is 0 Å². The summed E-state index contributed by atoms with van der Waals surface area (Å²) >= 11 is 0. The number of rotatable bonds is 7. The predicted octanol–water partition coefficient (Wildman–Crippen LogP) is 3.53. The summed E-state index contributed by atoms with van der Waals surface area (Å²) in [4.78, 5) is 29.2. The quantitative estimate of drug-likeness (QED) is 0.607. The average Bonchev–Trinajstić information content (AvgIpc) is 3.16. The molecule has 0 fully saturated rings. The zero-order chi connectivity index (χ0) is 22.5. The lowest BCUT2D eigenvalue weighted by atomic mass is 10.0. The molecule has 2 amide bonds. The molecule has 1 atom stereocenters. The Morgan fingerprint density at radius 2 is 1.81 bits per heavy atom. The van der Waals surface area contributed by atoms with Crippen molar-refractivity contribution >= 4 is 11.8 Å². The van der Waals surface area contributed by atoms with Gasteiger partial charge in [-0.3, -0.25) is 9.59 Å². The van der Waals surface area contributed by atoms with Gasteiger partial charge < -0.3 is 15.2 Å². The molecule has 0 spiro atoms. The van der Waals surface area contributed by atoms with Crippen molar-refractivity contribution in [2.75, 3.05) is 0 Å². The molecular formula is C23H24F2N4O2. The summed E-state index contributed by atoms with van der Waals surface area (Å²) in [5.41, 5.74) is 1.21. The molecule has 1 aromatic heterocycles. The van der Waals surface area contributed by atoms with Crippen LogP contribution in [0.15, 0.2) is 54.9 Å². The highest BCUT2D eigenvalue weighted by Crippen LogP contribution is 2.17. The fraction of sp³-hybridized carbons (Fsp3) is 0.261. The number of hydrogen-bond donors (Lipinski definition) is 2. The number of imidazole rings is 1. The summed E-state index contributed by atoms with van der Waals surface area (Å²) in [7, 11) is 0. The molecule has 0 bridgehead atoms. The molecule has 2 aromatic carbocycles. The van der Waals surface area contributed by atoms with Gasteiger partial charge in [-0.2, -0.15) is 0 Å². The van der Waals surface area contributed by atoms with Crippen molar-refractivity contribution in [3.05, 3.63) is 83.4 Å². The molecular weight excluding hydrogens is 402 g/mol. The first-order valence-corrected chi connectivity index (χ1v) is 9.89. The van der Waals surface area contributed by atoms with Crippen molar-refractivity contribution in [2.24, 2.45) is 5.92 Å². The highest BCUT2D eigenvalue weighted by atomic mass is 19.1. The van der Waals surface area contributed by atoms with Crippen LogP contribution in [0.25, 0.3) is 5.69 Å². The number of carbonyl (C=O) groups is 2. The van der Waals surface area contributed by atoms with Crippen molar-refractivity contribution < 1.29 is 18.4 Å². The molecule has 3 aromatic rings. The third-order valence-electron chi connectivity index (χ3n) is 4.91. The SMILES string of the molecule is Cc1nccn1-c1ccc(CNC(=O)C(NC(=O)c2ccc(F)cc2)C(C)C)cc1F. The minimum absolute atomic E-state index is 0.106. The molecule has 0 saturated carbocycles. The second-order valence-corrected chi connectivity index (χ2v) is 7.55. The lowest BCUT2D eigenvalue weighted by Crippen LogP contribution is -2.49. The standard InChI is InChI=1S/C23H24F2N4O2/c1-14(2)21(28-22(30)17-5-7-18(24)8-6-17)23(31)27-13-16-4-9-20(19(25)12-16)29-11-10-26-15(29)3/h4-12,14,21H,13H2,1-3H3,(H,27,31)(H,28,30). The van der Waals surface area contributed by atoms with E-state index in [4.69, 9.17) is 0 Å². The van der Waals surface area contributed by atoms with E-state index in [2.05, 4.69) is 15.6 Å². The molecule has 0 aliphatic rings. The van der Waals surface area contributed by atoms with Crippen LogP contribution in [0.3, 0.4) is 0 Å². The summed E-state index contributed by atoms with van der Waals surface area (Å²) in [6.45, 7) is 5.49. The highest BCUT2D eigenvalue weighted by molar-refractivity contribution is 5.97. The third kappa shape index (κ3) is 5.33. The van der Waals surface area contributed by atoms with Crippen LogP contribution in [0.4, 0.5) is 8.78 Å². The van der Waals surface area contributed by atoms with E-state index >= 15 is 0 Å². The van der Waals surface area contributed by atoms with E-state index in [1.54, 1.807) is 49.9 Å². The Labute approximate surface area is 179 Å². The number of halogens is 2. The van der Waals surface area contributed by atoms with Gasteiger partial charge in [-0.25, -0.2) is 13.8 Å². The van der Waals surface area contributed by atoms with Gasteiger partial charge in [0.1, 0.15) is 23.5 Å². The van der Waals surface area contributed by atoms with Crippen LogP contribution in [-0.2, 0) is 11.3 Å². The fourth-order valence-electron chi connectivity index (χ4n) is 3.15. The molecule has 0 saturated heterocycles. The largest absolute Gasteiger partial charge is 0.350 e. The first kappa shape index (κ1) is 22.1. The molecule has 0 aliphatic carbocycles. The number of carbonyl (C=O) groups excluding carboxylic acids is 2. The summed E-state index contributed by atoms with van der Waals surface area (Å²) in [6, 6.07) is 8.98. The minimum Gasteiger partial charge on any atom is -0.350 e. The Kier molecular flexibility index (Phi) is 6.79. The first-order valence-electron chi connectivity index (χ1n) is 9.89. The van der Waals surface area contributed by atoms with Crippen LogP contribution in [-0.4, -0.2) is 27.4 Å². The maximum Gasteiger partial charge on any atom is 0.251 e. The zero-order valence-electron chi connectivity index (χ0n) is 17.5. The lowest BCUT2D eigenvalue weighted by Gasteiger charge is -2.22. The second kappa shape index (κ2) is 9.51. The van der Waals surface area contributed by atoms with Gasteiger partial charge in [0.05, 0.1) is 5.69 Å². The molecule has 2 N–H and O–H groups in total. The van der Waals surface area contributed by atoms with Gasteiger partial charge in [-0.15, -0.1) is 0 Å². The van der Waals surface area contributed by atoms with E-state index in [9.17, 15) is 18.4 Å². The summed E-state index contributed by atoms with van der Waals surface area (Å²) in [5.74, 6) is -1.27. The predicted molar refractivity (Wildman–Crippen MR) is 113 cm³/mol. The van der Waals surface area contributed by atoms with Crippen molar-refractivity contribution in [3.8, 4) is 5.69 Å². The molecule has 1 heterocycles. The Hall–Kier alpha value is -3.55. The monoisotopic (exact) mass is 426 g/mol. The van der Waals surface area contributed by atoms with Gasteiger partial charge in [-0.1, -0.05) is 19.9 Å². The van der Waals surface area contributed by atoms with Crippen LogP contribution >= 0.6 is 0 Å². The number of amides is 2. The van der Waals surface area contributed by atoms with Gasteiger partial charge in [0.2, 0.25) is 5.91 Å². The molecule has 162 valence electrons. The van der Waals surface area contributed by atoms with Crippen molar-refractivity contribution in [2.45, 2.75) is 33.4 Å². The molecule has 0 aliphatic heterocycles. The molecule has 31 heavy (non-hydrogen) atoms. The topological polar surface area (TPSA) is 76.0 Å². The Balaban J connectivity index is 1.65. The van der Waals surface area contributed by atoms with Gasteiger partial charge in [-0.05, 0) is 54.8 Å². The molecule has 8 heteroatoms. The number of nitrogens with zero attached hydrogens (tertiary/aromatic N) is 2. The Morgan fingerprint density at radius 1 is 1.10 bits per heavy atom. The van der Waals surface area contributed by atoms with Crippen LogP contribution in [0, 0.1) is 24.5 Å². The maximum atomic E-state index is 14.5. The van der Waals surface area contributed by atoms with Crippen LogP contribution in [0.5, 0.6) is 0 Å². The van der Waals surface area contributed by atoms with Crippen LogP contribution in [0.2, 0.25) is 0 Å². The van der Waals surface area contributed by atoms with E-state index in [1.165, 1.54) is 30.3 Å². The second-order valence-electron chi connectivity index (χ2n) is 7.55. The van der Waals surface area contributed by atoms with Crippen LogP contribution in [0.1, 0.15) is 35.6 Å². The molecule has 6 nitrogen and oxygen atoms in total. The van der Waals surface area contributed by atoms with E-state index in [0.29, 0.717) is 17.1 Å². The highest BCUT2D eigenvalue weighted by Gasteiger charge is 2.24. The summed E-state index contributed by atoms with van der Waals surface area (Å²) < 4.78 is 29.2. The number of benzene rings is 2. The van der Waals surface area contributed by atoms with E-state index in [1.807, 2.05) is 0 Å². The van der Waals surface area contributed by atoms with Crippen molar-refractivity contribution in [3.63, 3.8) is 0 Å². The number of aryl methyl sites for hydroxylation is 1. The van der Waals surface area contributed by atoms with Gasteiger partial charge in [0.25, 0.3) is 5.91 Å². The molecule has 3 rings (SSSR count). The molecule has 0 radical (unpaired) electrons. The average molecular weight is 426 g/mol. The van der Waals surface area contributed by atoms with Gasteiger partial charge >= 0.3 is 0 Å². The van der Waals surface area contributed by atoms with Gasteiger partial charge in [0, 0.05) is 24.5 Å². The fourth-order valence-corrected chi connectivity index (χ4v) is 3.15. The Morgan fingerprint density at radius 3 is 2.39 bits per heavy atom.